The van der Waals surface area contributed by atoms with E-state index in [0.717, 1.165) is 6.42 Å². The number of carbonyl (C=O) groups is 1. The van der Waals surface area contributed by atoms with Crippen LogP contribution in [0.5, 0.6) is 0 Å². The van der Waals surface area contributed by atoms with E-state index in [9.17, 15) is 4.79 Å². The van der Waals surface area contributed by atoms with Gasteiger partial charge in [0.2, 0.25) is 5.91 Å². The molecule has 0 heterocycles. The Kier molecular flexibility index (Phi) is 4.00. The molecular formula is C21H26N2O. The van der Waals surface area contributed by atoms with Crippen molar-refractivity contribution in [3.8, 4) is 0 Å². The number of nitrogens with two attached hydrogens (primary N) is 1. The van der Waals surface area contributed by atoms with Crippen LogP contribution in [-0.2, 0) is 10.2 Å². The first-order valence-electron chi connectivity index (χ1n) is 8.41. The van der Waals surface area contributed by atoms with Gasteiger partial charge in [0.25, 0.3) is 0 Å². The lowest BCUT2D eigenvalue weighted by molar-refractivity contribution is -0.124. The normalized spacial score (nSPS) is 21.7. The second kappa shape index (κ2) is 5.75. The average molecular weight is 322 g/mol. The Labute approximate surface area is 144 Å². The summed E-state index contributed by atoms with van der Waals surface area (Å²) in [6.45, 7) is 4.82. The zero-order valence-corrected chi connectivity index (χ0v) is 15.0. The van der Waals surface area contributed by atoms with E-state index in [2.05, 4.69) is 67.3 Å². The second-order valence-corrected chi connectivity index (χ2v) is 7.50. The topological polar surface area (TPSA) is 46.3 Å². The highest BCUT2D eigenvalue weighted by molar-refractivity contribution is 5.89. The molecule has 1 atom stereocenters. The first-order chi connectivity index (χ1) is 11.3. The molecule has 126 valence electrons. The average Bonchev–Trinajstić information content (AvgIpc) is 3.19. The number of amides is 1. The van der Waals surface area contributed by atoms with Crippen LogP contribution in [0.25, 0.3) is 0 Å². The molecule has 0 bridgehead atoms. The van der Waals surface area contributed by atoms with Gasteiger partial charge in [0.1, 0.15) is 0 Å². The lowest BCUT2D eigenvalue weighted by Crippen LogP contribution is -2.40. The van der Waals surface area contributed by atoms with E-state index in [1.165, 1.54) is 22.3 Å². The standard InChI is InChI=1S/C21H26N2O/c1-15-5-9-17(10-6-15)21(18-11-7-16(2)8-12-18)13-20(21,19(22)24)14-23(3)4/h5-12H,13-14H2,1-4H3,(H2,22,24). The van der Waals surface area contributed by atoms with Gasteiger partial charge in [-0.15, -0.1) is 0 Å². The second-order valence-electron chi connectivity index (χ2n) is 7.50. The van der Waals surface area contributed by atoms with E-state index in [0.29, 0.717) is 6.54 Å². The van der Waals surface area contributed by atoms with Gasteiger partial charge < -0.3 is 10.6 Å². The molecule has 3 heteroatoms. The summed E-state index contributed by atoms with van der Waals surface area (Å²) in [6, 6.07) is 17.1. The Balaban J connectivity index is 2.18. The van der Waals surface area contributed by atoms with Crippen molar-refractivity contribution in [2.45, 2.75) is 25.7 Å². The summed E-state index contributed by atoms with van der Waals surface area (Å²) in [5.74, 6) is -0.211. The molecule has 24 heavy (non-hydrogen) atoms. The number of nitrogens with zero attached hydrogens (tertiary/aromatic N) is 1. The number of primary amides is 1. The smallest absolute Gasteiger partial charge is 0.226 e. The maximum absolute atomic E-state index is 12.5. The van der Waals surface area contributed by atoms with E-state index in [1.54, 1.807) is 0 Å². The van der Waals surface area contributed by atoms with Gasteiger partial charge in [-0.2, -0.15) is 0 Å². The van der Waals surface area contributed by atoms with E-state index >= 15 is 0 Å². The third kappa shape index (κ3) is 2.44. The van der Waals surface area contributed by atoms with Gasteiger partial charge in [0.05, 0.1) is 5.41 Å². The van der Waals surface area contributed by atoms with Crippen LogP contribution in [0.3, 0.4) is 0 Å². The number of rotatable bonds is 5. The number of carbonyl (C=O) groups excluding carboxylic acids is 1. The molecule has 0 aromatic heterocycles. The van der Waals surface area contributed by atoms with Crippen molar-refractivity contribution in [2.75, 3.05) is 20.6 Å². The Morgan fingerprint density at radius 3 is 1.71 bits per heavy atom. The fraction of sp³-hybridized carbons (Fsp3) is 0.381. The molecule has 2 N–H and O–H groups in total. The SMILES string of the molecule is Cc1ccc(C2(c3ccc(C)cc3)CC2(CN(C)C)C(N)=O)cc1. The van der Waals surface area contributed by atoms with Crippen molar-refractivity contribution >= 4 is 5.91 Å². The van der Waals surface area contributed by atoms with Crippen molar-refractivity contribution in [1.29, 1.82) is 0 Å². The van der Waals surface area contributed by atoms with E-state index in [1.807, 2.05) is 14.1 Å². The molecule has 1 saturated carbocycles. The molecule has 3 nitrogen and oxygen atoms in total. The molecule has 0 spiro atoms. The van der Waals surface area contributed by atoms with Crippen LogP contribution in [0.15, 0.2) is 48.5 Å². The Bertz CT molecular complexity index is 701. The van der Waals surface area contributed by atoms with Crippen LogP contribution >= 0.6 is 0 Å². The van der Waals surface area contributed by atoms with Crippen molar-refractivity contribution in [3.63, 3.8) is 0 Å². The van der Waals surface area contributed by atoms with Gasteiger partial charge in [0, 0.05) is 12.0 Å². The fourth-order valence-corrected chi connectivity index (χ4v) is 4.11. The molecule has 1 aliphatic carbocycles. The fourth-order valence-electron chi connectivity index (χ4n) is 4.11. The van der Waals surface area contributed by atoms with Crippen LogP contribution in [0, 0.1) is 19.3 Å². The van der Waals surface area contributed by atoms with Crippen LogP contribution in [0.1, 0.15) is 28.7 Å². The molecule has 1 unspecified atom stereocenters. The van der Waals surface area contributed by atoms with Gasteiger partial charge in [-0.25, -0.2) is 0 Å². The molecule has 1 aliphatic rings. The maximum atomic E-state index is 12.5. The van der Waals surface area contributed by atoms with Crippen LogP contribution in [0.2, 0.25) is 0 Å². The van der Waals surface area contributed by atoms with Gasteiger partial charge in [0.15, 0.2) is 0 Å². The minimum absolute atomic E-state index is 0.211. The van der Waals surface area contributed by atoms with Gasteiger partial charge in [-0.1, -0.05) is 59.7 Å². The molecule has 2 aromatic carbocycles. The molecule has 3 rings (SSSR count). The minimum Gasteiger partial charge on any atom is -0.369 e. The van der Waals surface area contributed by atoms with Crippen molar-refractivity contribution in [3.05, 3.63) is 70.8 Å². The summed E-state index contributed by atoms with van der Waals surface area (Å²) in [4.78, 5) is 14.6. The predicted molar refractivity (Wildman–Crippen MR) is 97.9 cm³/mol. The lowest BCUT2D eigenvalue weighted by atomic mass is 9.79. The van der Waals surface area contributed by atoms with Gasteiger partial charge >= 0.3 is 0 Å². The molecule has 1 amide bonds. The first-order valence-corrected chi connectivity index (χ1v) is 8.41. The summed E-state index contributed by atoms with van der Waals surface area (Å²) in [6.07, 6.45) is 0.764. The molecule has 2 aromatic rings. The first kappa shape index (κ1) is 16.7. The zero-order valence-electron chi connectivity index (χ0n) is 15.0. The van der Waals surface area contributed by atoms with Crippen LogP contribution < -0.4 is 5.73 Å². The molecule has 0 radical (unpaired) electrons. The summed E-state index contributed by atoms with van der Waals surface area (Å²) in [5, 5.41) is 0. The Hall–Kier alpha value is -2.13. The Morgan fingerprint density at radius 2 is 1.38 bits per heavy atom. The van der Waals surface area contributed by atoms with Crippen LogP contribution in [0.4, 0.5) is 0 Å². The molecular weight excluding hydrogens is 296 g/mol. The third-order valence-electron chi connectivity index (χ3n) is 5.41. The molecule has 0 saturated heterocycles. The maximum Gasteiger partial charge on any atom is 0.226 e. The number of benzene rings is 2. The highest BCUT2D eigenvalue weighted by Crippen LogP contribution is 2.68. The van der Waals surface area contributed by atoms with Crippen LogP contribution in [-0.4, -0.2) is 31.4 Å². The third-order valence-corrected chi connectivity index (χ3v) is 5.41. The van der Waals surface area contributed by atoms with E-state index < -0.39 is 5.41 Å². The summed E-state index contributed by atoms with van der Waals surface area (Å²) < 4.78 is 0. The van der Waals surface area contributed by atoms with Crippen molar-refractivity contribution in [1.82, 2.24) is 4.90 Å². The van der Waals surface area contributed by atoms with Crippen molar-refractivity contribution in [2.24, 2.45) is 11.1 Å². The number of hydrogen-bond donors (Lipinski definition) is 1. The van der Waals surface area contributed by atoms with E-state index in [4.69, 9.17) is 5.73 Å². The van der Waals surface area contributed by atoms with Crippen molar-refractivity contribution < 1.29 is 4.79 Å². The number of aryl methyl sites for hydroxylation is 2. The zero-order chi connectivity index (χ0) is 17.5. The molecule has 0 aliphatic heterocycles. The predicted octanol–water partition coefficient (Wildman–Crippen LogP) is 3.03. The summed E-state index contributed by atoms with van der Waals surface area (Å²) in [7, 11) is 4.00. The van der Waals surface area contributed by atoms with Gasteiger partial charge in [-0.3, -0.25) is 4.79 Å². The van der Waals surface area contributed by atoms with E-state index in [-0.39, 0.29) is 11.3 Å². The minimum atomic E-state index is -0.555. The summed E-state index contributed by atoms with van der Waals surface area (Å²) in [5.41, 5.74) is 9.84. The Morgan fingerprint density at radius 1 is 0.958 bits per heavy atom. The lowest BCUT2D eigenvalue weighted by Gasteiger charge is -2.27. The number of hydrogen-bond acceptors (Lipinski definition) is 2. The monoisotopic (exact) mass is 322 g/mol. The molecule has 1 fully saturated rings. The summed E-state index contributed by atoms with van der Waals surface area (Å²) >= 11 is 0. The largest absolute Gasteiger partial charge is 0.369 e. The van der Waals surface area contributed by atoms with Gasteiger partial charge in [-0.05, 0) is 45.5 Å². The highest BCUT2D eigenvalue weighted by Gasteiger charge is 2.72. The highest BCUT2D eigenvalue weighted by atomic mass is 16.1. The quantitative estimate of drug-likeness (QED) is 0.920.